The summed E-state index contributed by atoms with van der Waals surface area (Å²) in [5, 5.41) is 50.8. The zero-order chi connectivity index (χ0) is 28.1. The second kappa shape index (κ2) is 13.3. The molecule has 1 saturated heterocycles. The molecule has 1 saturated carbocycles. The van der Waals surface area contributed by atoms with E-state index in [2.05, 4.69) is 0 Å². The predicted octanol–water partition coefficient (Wildman–Crippen LogP) is 1.77. The molecule has 4 rings (SSSR count). The number of hydrogen-bond acceptors (Lipinski definition) is 11. The van der Waals surface area contributed by atoms with Crippen LogP contribution in [0, 0.1) is 5.92 Å². The fourth-order valence-electron chi connectivity index (χ4n) is 5.78. The normalized spacial score (nSPS) is 29.4. The Morgan fingerprint density at radius 1 is 1.10 bits per heavy atom. The molecule has 2 heterocycles. The minimum absolute atomic E-state index is 0.0583. The molecule has 2 aliphatic rings. The van der Waals surface area contributed by atoms with Gasteiger partial charge in [-0.2, -0.15) is 0 Å². The van der Waals surface area contributed by atoms with Gasteiger partial charge in [0.1, 0.15) is 24.4 Å². The number of fused-ring (bicyclic) bond motifs is 1. The quantitative estimate of drug-likeness (QED) is 0.258. The Morgan fingerprint density at radius 3 is 2.59 bits per heavy atom. The van der Waals surface area contributed by atoms with E-state index in [1.165, 1.54) is 7.11 Å². The molecule has 218 valence electrons. The van der Waals surface area contributed by atoms with Gasteiger partial charge in [0.05, 0.1) is 26.6 Å². The van der Waals surface area contributed by atoms with E-state index < -0.39 is 37.3 Å². The summed E-state index contributed by atoms with van der Waals surface area (Å²) in [4.78, 5) is 12.2. The van der Waals surface area contributed by atoms with Crippen LogP contribution < -0.4 is 9.47 Å². The molecule has 1 aromatic carbocycles. The van der Waals surface area contributed by atoms with Crippen LogP contribution in [0.25, 0.3) is 11.0 Å². The van der Waals surface area contributed by atoms with E-state index in [-0.39, 0.29) is 49.4 Å². The molecular weight excluding hydrogens is 512 g/mol. The third kappa shape index (κ3) is 6.34. The van der Waals surface area contributed by atoms with Gasteiger partial charge in [0.2, 0.25) is 12.0 Å². The second-order valence-electron chi connectivity index (χ2n) is 10.3. The Kier molecular flexibility index (Phi) is 10.1. The average Bonchev–Trinajstić information content (AvgIpc) is 3.36. The summed E-state index contributed by atoms with van der Waals surface area (Å²) in [7, 11) is 1.45. The number of ether oxygens (including phenoxy) is 4. The first-order valence-electron chi connectivity index (χ1n) is 13.7. The van der Waals surface area contributed by atoms with Gasteiger partial charge in [-0.3, -0.25) is 4.79 Å². The molecule has 11 heteroatoms. The van der Waals surface area contributed by atoms with Crippen molar-refractivity contribution >= 4 is 16.9 Å². The number of aryl methyl sites for hydroxylation is 1. The largest absolute Gasteiger partial charge is 0.490 e. The molecule has 5 N–H and O–H groups in total. The molecule has 2 fully saturated rings. The third-order valence-corrected chi connectivity index (χ3v) is 7.83. The highest BCUT2D eigenvalue weighted by molar-refractivity contribution is 5.90. The summed E-state index contributed by atoms with van der Waals surface area (Å²) in [6, 6.07) is 1.88. The molecule has 0 bridgehead atoms. The van der Waals surface area contributed by atoms with Gasteiger partial charge in [-0.1, -0.05) is 12.8 Å². The predicted molar refractivity (Wildman–Crippen MR) is 139 cm³/mol. The first kappa shape index (κ1) is 29.6. The van der Waals surface area contributed by atoms with Crippen LogP contribution >= 0.6 is 0 Å². The molecule has 1 aliphatic carbocycles. The van der Waals surface area contributed by atoms with Crippen molar-refractivity contribution in [2.24, 2.45) is 5.92 Å². The monoisotopic (exact) mass is 552 g/mol. The Morgan fingerprint density at radius 2 is 1.90 bits per heavy atom. The first-order valence-corrected chi connectivity index (χ1v) is 13.7. The van der Waals surface area contributed by atoms with Gasteiger partial charge in [-0.15, -0.1) is 0 Å². The molecule has 0 unspecified atom stereocenters. The highest BCUT2D eigenvalue weighted by Crippen LogP contribution is 2.47. The zero-order valence-electron chi connectivity index (χ0n) is 22.5. The lowest BCUT2D eigenvalue weighted by Crippen LogP contribution is -2.60. The summed E-state index contributed by atoms with van der Waals surface area (Å²) < 4.78 is 28.5. The van der Waals surface area contributed by atoms with Crippen LogP contribution in [0.1, 0.15) is 62.5 Å². The van der Waals surface area contributed by atoms with Crippen molar-refractivity contribution < 1.29 is 53.7 Å². The van der Waals surface area contributed by atoms with Crippen molar-refractivity contribution in [2.45, 2.75) is 88.5 Å². The fraction of sp³-hybridized carbons (Fsp3) is 0.679. The Balaban J connectivity index is 1.73. The van der Waals surface area contributed by atoms with E-state index in [0.29, 0.717) is 17.1 Å². The van der Waals surface area contributed by atoms with Crippen molar-refractivity contribution in [2.75, 3.05) is 26.9 Å². The molecule has 2 aromatic rings. The van der Waals surface area contributed by atoms with Crippen LogP contribution in [-0.2, 0) is 20.7 Å². The number of methoxy groups -OCH3 is 1. The molecule has 1 aromatic heterocycles. The number of aliphatic hydroxyl groups is 5. The topological polar surface area (TPSA) is 168 Å². The van der Waals surface area contributed by atoms with Gasteiger partial charge in [0.25, 0.3) is 0 Å². The van der Waals surface area contributed by atoms with Crippen molar-refractivity contribution in [3.63, 3.8) is 0 Å². The van der Waals surface area contributed by atoms with Crippen molar-refractivity contribution in [3.8, 4) is 11.5 Å². The first-order chi connectivity index (χ1) is 18.8. The maximum Gasteiger partial charge on any atom is 0.306 e. The molecule has 1 aliphatic heterocycles. The van der Waals surface area contributed by atoms with Gasteiger partial charge < -0.3 is 48.9 Å². The van der Waals surface area contributed by atoms with Gasteiger partial charge in [0, 0.05) is 24.0 Å². The van der Waals surface area contributed by atoms with Gasteiger partial charge in [0.15, 0.2) is 11.3 Å². The lowest BCUT2D eigenvalue weighted by atomic mass is 9.77. The van der Waals surface area contributed by atoms with E-state index in [1.54, 1.807) is 13.2 Å². The number of furan rings is 1. The fourth-order valence-corrected chi connectivity index (χ4v) is 5.78. The Labute approximate surface area is 227 Å². The maximum atomic E-state index is 12.2. The van der Waals surface area contributed by atoms with Crippen molar-refractivity contribution in [1.82, 2.24) is 0 Å². The number of carbonyl (C=O) groups excluding carboxylic acids is 1. The number of hydrogen-bond donors (Lipinski definition) is 5. The standard InChI is InChI=1S/C28H40O11/c1-3-36-21(31)8-7-17-12-18-19(16-6-4-5-15(11-16)9-10-29)14-37-26(18)27(35-2)25(17)39-28-24(34)23(33)22(32)20(13-30)38-28/h12,14-16,20,22-24,28-30,32-34H,3-11,13H2,1-2H3/t15-,16+,20-,22-,23+,24-,28-/m1/s1. The summed E-state index contributed by atoms with van der Waals surface area (Å²) in [6.07, 6.45) is -0.572. The molecule has 7 atom stereocenters. The van der Waals surface area contributed by atoms with Crippen LogP contribution in [0.4, 0.5) is 0 Å². The molecule has 0 spiro atoms. The number of esters is 1. The highest BCUT2D eigenvalue weighted by atomic mass is 16.7. The SMILES string of the molecule is CCOC(=O)CCc1cc2c([C@H]3CCC[C@H](CCO)C3)coc2c(OC)c1O[C@H]1O[C@H](CO)[C@@H](O)[C@H](O)[C@H]1O. The summed E-state index contributed by atoms with van der Waals surface area (Å²) >= 11 is 0. The Bertz CT molecular complexity index is 1090. The lowest BCUT2D eigenvalue weighted by Gasteiger charge is -2.39. The molecule has 11 nitrogen and oxygen atoms in total. The minimum Gasteiger partial charge on any atom is -0.490 e. The lowest BCUT2D eigenvalue weighted by molar-refractivity contribution is -0.277. The molecular formula is C28H40O11. The minimum atomic E-state index is -1.63. The highest BCUT2D eigenvalue weighted by Gasteiger charge is 2.45. The van der Waals surface area contributed by atoms with E-state index in [4.69, 9.17) is 23.4 Å². The van der Waals surface area contributed by atoms with Crippen LogP contribution in [0.2, 0.25) is 0 Å². The molecule has 0 amide bonds. The second-order valence-corrected chi connectivity index (χ2v) is 10.3. The number of benzene rings is 1. The van der Waals surface area contributed by atoms with E-state index in [0.717, 1.165) is 43.1 Å². The average molecular weight is 553 g/mol. The van der Waals surface area contributed by atoms with Gasteiger partial charge in [-0.25, -0.2) is 0 Å². The number of rotatable bonds is 11. The van der Waals surface area contributed by atoms with Crippen LogP contribution in [0.15, 0.2) is 16.7 Å². The third-order valence-electron chi connectivity index (χ3n) is 7.83. The van der Waals surface area contributed by atoms with E-state index >= 15 is 0 Å². The smallest absolute Gasteiger partial charge is 0.306 e. The van der Waals surface area contributed by atoms with Crippen molar-refractivity contribution in [1.29, 1.82) is 0 Å². The zero-order valence-corrected chi connectivity index (χ0v) is 22.5. The maximum absolute atomic E-state index is 12.2. The van der Waals surface area contributed by atoms with Crippen LogP contribution in [0.3, 0.4) is 0 Å². The molecule has 0 radical (unpaired) electrons. The van der Waals surface area contributed by atoms with E-state index in [1.807, 2.05) is 6.07 Å². The van der Waals surface area contributed by atoms with Gasteiger partial charge in [-0.05, 0) is 56.1 Å². The number of aliphatic hydroxyl groups excluding tert-OH is 5. The van der Waals surface area contributed by atoms with Crippen LogP contribution in [-0.4, -0.2) is 89.1 Å². The Hall–Kier alpha value is -2.41. The summed E-state index contributed by atoms with van der Waals surface area (Å²) in [6.45, 7) is 1.54. The van der Waals surface area contributed by atoms with Crippen molar-refractivity contribution in [3.05, 3.63) is 23.5 Å². The van der Waals surface area contributed by atoms with Gasteiger partial charge >= 0.3 is 5.97 Å². The van der Waals surface area contributed by atoms with E-state index in [9.17, 15) is 30.3 Å². The summed E-state index contributed by atoms with van der Waals surface area (Å²) in [5.41, 5.74) is 2.02. The van der Waals surface area contributed by atoms with Crippen LogP contribution in [0.5, 0.6) is 11.5 Å². The molecule has 39 heavy (non-hydrogen) atoms. The summed E-state index contributed by atoms with van der Waals surface area (Å²) in [5.74, 6) is 0.662. The number of carbonyl (C=O) groups is 1.